The number of fused-ring (bicyclic) bond motifs is 7. The minimum absolute atomic E-state index is 0.000601. The molecule has 12 atom stereocenters. The highest BCUT2D eigenvalue weighted by atomic mass is 16.6. The van der Waals surface area contributed by atoms with E-state index in [-0.39, 0.29) is 64.6 Å². The van der Waals surface area contributed by atoms with Crippen molar-refractivity contribution < 1.29 is 34.7 Å². The molecular formula is C42H64N2O9. The maximum Gasteiger partial charge on any atom is 0.333 e. The fourth-order valence-corrected chi connectivity index (χ4v) is 13.2. The zero-order valence-electron chi connectivity index (χ0n) is 33.0. The van der Waals surface area contributed by atoms with Crippen molar-refractivity contribution in [3.8, 4) is 0 Å². The van der Waals surface area contributed by atoms with Crippen molar-refractivity contribution in [2.24, 2.45) is 50.2 Å². The summed E-state index contributed by atoms with van der Waals surface area (Å²) in [6.45, 7) is 16.3. The van der Waals surface area contributed by atoms with E-state index in [0.717, 1.165) is 73.3 Å². The molecule has 4 saturated carbocycles. The maximum absolute atomic E-state index is 14.5. The number of rotatable bonds is 7. The monoisotopic (exact) mass is 740 g/mol. The van der Waals surface area contributed by atoms with Gasteiger partial charge >= 0.3 is 11.7 Å². The lowest BCUT2D eigenvalue weighted by Crippen LogP contribution is -2.65. The van der Waals surface area contributed by atoms with Crippen LogP contribution in [0.3, 0.4) is 0 Å². The Morgan fingerprint density at radius 2 is 1.64 bits per heavy atom. The smallest absolute Gasteiger partial charge is 0.333 e. The minimum Gasteiger partial charge on any atom is -0.465 e. The number of aliphatic hydroxyl groups is 4. The summed E-state index contributed by atoms with van der Waals surface area (Å²) in [5.41, 5.74) is -0.211. The molecule has 5 aliphatic carbocycles. The summed E-state index contributed by atoms with van der Waals surface area (Å²) in [6, 6.07) is 1.20. The van der Waals surface area contributed by atoms with E-state index in [1.807, 2.05) is 0 Å². The molecule has 7 rings (SSSR count). The van der Waals surface area contributed by atoms with Crippen LogP contribution in [-0.2, 0) is 20.8 Å². The van der Waals surface area contributed by atoms with E-state index >= 15 is 0 Å². The third-order valence-electron chi connectivity index (χ3n) is 16.7. The Labute approximate surface area is 313 Å². The van der Waals surface area contributed by atoms with Crippen molar-refractivity contribution in [1.29, 1.82) is 0 Å². The summed E-state index contributed by atoms with van der Waals surface area (Å²) in [7, 11) is 0. The molecule has 1 aromatic heterocycles. The van der Waals surface area contributed by atoms with Crippen LogP contribution >= 0.6 is 0 Å². The van der Waals surface area contributed by atoms with Gasteiger partial charge in [-0.2, -0.15) is 0 Å². The first-order valence-electron chi connectivity index (χ1n) is 20.3. The minimum atomic E-state index is -1.46. The number of nitrogens with zero attached hydrogens (tertiary/aromatic N) is 2. The number of esters is 1. The number of hydrogen-bond donors (Lipinski definition) is 4. The molecule has 1 aromatic rings. The molecule has 11 nitrogen and oxygen atoms in total. The standard InChI is InChI=1S/C42H64N2O9/c1-37(2)16-18-42(35(50)52-22-8-20-43-31(47)13-21-44(36(43)51)34-33(49)32(48)27(24-45)53-34)19-17-40(6)25(26(42)23-37)9-10-29-39(5)14-12-30(46)38(3,4)28(39)11-15-41(29,40)7/h9,13,21,26-30,32-34,45-46,48-49H,8,10-12,14-20,22-24H2,1-7H3/t26-,27+,28?,29+,30-,32+,33+,34+,39-,40+,41+,42-/m0/s1. The van der Waals surface area contributed by atoms with Gasteiger partial charge in [0.2, 0.25) is 0 Å². The van der Waals surface area contributed by atoms with Gasteiger partial charge in [0.05, 0.1) is 24.7 Å². The van der Waals surface area contributed by atoms with Gasteiger partial charge in [-0.3, -0.25) is 18.7 Å². The number of carbonyl (C=O) groups is 1. The number of ether oxygens (including phenoxy) is 2. The van der Waals surface area contributed by atoms with Gasteiger partial charge in [0.15, 0.2) is 6.23 Å². The Kier molecular flexibility index (Phi) is 9.65. The third kappa shape index (κ3) is 5.71. The molecule has 1 saturated heterocycles. The molecule has 2 heterocycles. The van der Waals surface area contributed by atoms with Gasteiger partial charge in [-0.25, -0.2) is 4.79 Å². The van der Waals surface area contributed by atoms with E-state index < -0.39 is 47.8 Å². The van der Waals surface area contributed by atoms with E-state index in [2.05, 4.69) is 54.5 Å². The van der Waals surface area contributed by atoms with Crippen molar-refractivity contribution in [1.82, 2.24) is 9.13 Å². The van der Waals surface area contributed by atoms with Crippen LogP contribution < -0.4 is 11.2 Å². The van der Waals surface area contributed by atoms with Crippen LogP contribution in [0, 0.1) is 50.2 Å². The molecule has 53 heavy (non-hydrogen) atoms. The molecular weight excluding hydrogens is 676 g/mol. The lowest BCUT2D eigenvalue weighted by molar-refractivity contribution is -0.206. The highest BCUT2D eigenvalue weighted by molar-refractivity contribution is 5.78. The molecule has 0 bridgehead atoms. The summed E-state index contributed by atoms with van der Waals surface area (Å²) in [6.07, 6.45) is 8.14. The molecule has 4 N–H and O–H groups in total. The highest BCUT2D eigenvalue weighted by Gasteiger charge is 2.69. The number of allylic oxidation sites excluding steroid dienone is 2. The Morgan fingerprint density at radius 3 is 2.34 bits per heavy atom. The zero-order valence-corrected chi connectivity index (χ0v) is 33.0. The number of hydrogen-bond acceptors (Lipinski definition) is 9. The van der Waals surface area contributed by atoms with E-state index in [1.54, 1.807) is 0 Å². The summed E-state index contributed by atoms with van der Waals surface area (Å²) in [4.78, 5) is 40.6. The molecule has 0 radical (unpaired) electrons. The molecule has 6 aliphatic rings. The van der Waals surface area contributed by atoms with Gasteiger partial charge < -0.3 is 29.9 Å². The van der Waals surface area contributed by atoms with Crippen molar-refractivity contribution in [2.45, 2.75) is 156 Å². The van der Waals surface area contributed by atoms with Gasteiger partial charge in [0, 0.05) is 18.8 Å². The molecule has 1 aliphatic heterocycles. The summed E-state index contributed by atoms with van der Waals surface area (Å²) >= 11 is 0. The van der Waals surface area contributed by atoms with Crippen LogP contribution in [0.1, 0.15) is 125 Å². The predicted octanol–water partition coefficient (Wildman–Crippen LogP) is 4.72. The van der Waals surface area contributed by atoms with E-state index in [1.165, 1.54) is 17.8 Å². The fourth-order valence-electron chi connectivity index (χ4n) is 13.2. The molecule has 0 aromatic carbocycles. The SMILES string of the molecule is CC1(C)CC[C@]2(C(=O)OCCCn3c(=O)ccn([C@@H]4O[C@H](CO)[C@@H](O)[C@H]4O)c3=O)CC[C@]3(C)C(=CC[C@@H]4[C@@]5(C)CC[C@H](O)C(C)(C)C5CC[C@]43C)[C@@H]2C1. The van der Waals surface area contributed by atoms with Crippen molar-refractivity contribution in [2.75, 3.05) is 13.2 Å². The highest BCUT2D eigenvalue weighted by Crippen LogP contribution is 2.75. The van der Waals surface area contributed by atoms with Gasteiger partial charge in [0.25, 0.3) is 5.56 Å². The molecule has 0 amide bonds. The second-order valence-corrected chi connectivity index (χ2v) is 20.0. The Balaban J connectivity index is 1.10. The summed E-state index contributed by atoms with van der Waals surface area (Å²) in [5, 5.41) is 41.2. The van der Waals surface area contributed by atoms with Gasteiger partial charge in [0.1, 0.15) is 18.3 Å². The van der Waals surface area contributed by atoms with E-state index in [0.29, 0.717) is 11.8 Å². The van der Waals surface area contributed by atoms with Gasteiger partial charge in [-0.1, -0.05) is 60.1 Å². The van der Waals surface area contributed by atoms with Crippen LogP contribution in [0.25, 0.3) is 0 Å². The molecule has 11 heteroatoms. The van der Waals surface area contributed by atoms with Crippen molar-refractivity contribution in [3.63, 3.8) is 0 Å². The maximum atomic E-state index is 14.5. The topological polar surface area (TPSA) is 160 Å². The third-order valence-corrected chi connectivity index (χ3v) is 16.7. The van der Waals surface area contributed by atoms with Crippen LogP contribution in [-0.4, -0.2) is 73.2 Å². The van der Waals surface area contributed by atoms with Crippen molar-refractivity contribution in [3.05, 3.63) is 44.8 Å². The van der Waals surface area contributed by atoms with Crippen LogP contribution in [0.2, 0.25) is 0 Å². The first-order chi connectivity index (χ1) is 24.8. The normalized spacial score (nSPS) is 44.2. The average Bonchev–Trinajstić information content (AvgIpc) is 3.38. The lowest BCUT2D eigenvalue weighted by Gasteiger charge is -2.71. The van der Waals surface area contributed by atoms with Gasteiger partial charge in [-0.05, 0) is 115 Å². The quantitative estimate of drug-likeness (QED) is 0.176. The first-order valence-corrected chi connectivity index (χ1v) is 20.3. The Morgan fingerprint density at radius 1 is 0.925 bits per heavy atom. The van der Waals surface area contributed by atoms with Crippen LogP contribution in [0.4, 0.5) is 0 Å². The number of carbonyl (C=O) groups excluding carboxylic acids is 1. The molecule has 0 spiro atoms. The fraction of sp³-hybridized carbons (Fsp3) is 0.833. The Bertz CT molecular complexity index is 1750. The second-order valence-electron chi connectivity index (χ2n) is 20.0. The zero-order chi connectivity index (χ0) is 38.5. The average molecular weight is 741 g/mol. The van der Waals surface area contributed by atoms with Crippen LogP contribution in [0.5, 0.6) is 0 Å². The number of aliphatic hydroxyl groups excluding tert-OH is 4. The predicted molar refractivity (Wildman–Crippen MR) is 199 cm³/mol. The lowest BCUT2D eigenvalue weighted by atomic mass is 9.33. The molecule has 5 fully saturated rings. The number of aromatic nitrogens is 2. The van der Waals surface area contributed by atoms with Gasteiger partial charge in [-0.15, -0.1) is 0 Å². The summed E-state index contributed by atoms with van der Waals surface area (Å²) < 4.78 is 13.7. The second kappa shape index (κ2) is 13.1. The summed E-state index contributed by atoms with van der Waals surface area (Å²) in [5.74, 6) is 0.910. The van der Waals surface area contributed by atoms with E-state index in [4.69, 9.17) is 9.47 Å². The first kappa shape index (κ1) is 38.9. The molecule has 1 unspecified atom stereocenters. The molecule has 296 valence electrons. The Hall–Kier alpha value is -2.31. The van der Waals surface area contributed by atoms with Crippen LogP contribution in [0.15, 0.2) is 33.5 Å². The largest absolute Gasteiger partial charge is 0.465 e. The van der Waals surface area contributed by atoms with E-state index in [9.17, 15) is 34.8 Å². The van der Waals surface area contributed by atoms with Crippen molar-refractivity contribution >= 4 is 5.97 Å².